The number of aromatic nitrogens is 6. The number of aliphatic hydroxyl groups is 1. The number of anilines is 2. The molecule has 2 aromatic heterocycles. The Labute approximate surface area is 186 Å². The quantitative estimate of drug-likeness (QED) is 0.535. The number of nitriles is 1. The summed E-state index contributed by atoms with van der Waals surface area (Å²) in [6.45, 7) is 6.43. The first-order valence-electron chi connectivity index (χ1n) is 10.7. The van der Waals surface area contributed by atoms with Gasteiger partial charge in [0, 0.05) is 12.6 Å². The van der Waals surface area contributed by atoms with Gasteiger partial charge in [-0.05, 0) is 53.7 Å². The number of para-hydroxylation sites is 1. The average Bonchev–Trinajstić information content (AvgIpc) is 3.20. The number of nitrogens with zero attached hydrogens (tertiary/aromatic N) is 7. The van der Waals surface area contributed by atoms with Gasteiger partial charge in [-0.1, -0.05) is 32.0 Å². The van der Waals surface area contributed by atoms with Gasteiger partial charge in [0.2, 0.25) is 5.95 Å². The maximum Gasteiger partial charge on any atom is 0.224 e. The maximum atomic E-state index is 10.2. The summed E-state index contributed by atoms with van der Waals surface area (Å²) in [5.41, 5.74) is 2.06. The summed E-state index contributed by atoms with van der Waals surface area (Å²) in [5.74, 6) is 1.62. The molecule has 10 nitrogen and oxygen atoms in total. The van der Waals surface area contributed by atoms with E-state index in [0.29, 0.717) is 29.7 Å². The van der Waals surface area contributed by atoms with Crippen LogP contribution in [0.15, 0.2) is 30.5 Å². The molecule has 4 rings (SSSR count). The Kier molecular flexibility index (Phi) is 6.01. The van der Waals surface area contributed by atoms with Crippen molar-refractivity contribution in [1.29, 1.82) is 5.26 Å². The second-order valence-electron chi connectivity index (χ2n) is 8.81. The number of tetrazole rings is 1. The summed E-state index contributed by atoms with van der Waals surface area (Å²) in [4.78, 5) is 8.86. The Morgan fingerprint density at radius 1 is 1.28 bits per heavy atom. The second kappa shape index (κ2) is 8.88. The molecule has 2 atom stereocenters. The molecule has 32 heavy (non-hydrogen) atoms. The van der Waals surface area contributed by atoms with E-state index in [4.69, 9.17) is 0 Å². The molecule has 166 valence electrons. The van der Waals surface area contributed by atoms with Crippen LogP contribution in [0, 0.1) is 23.7 Å². The van der Waals surface area contributed by atoms with Crippen LogP contribution in [0.25, 0.3) is 5.69 Å². The summed E-state index contributed by atoms with van der Waals surface area (Å²) in [5, 5.41) is 38.1. The molecule has 3 aromatic rings. The van der Waals surface area contributed by atoms with Gasteiger partial charge in [0.15, 0.2) is 5.82 Å². The molecule has 0 bridgehead atoms. The monoisotopic (exact) mass is 433 g/mol. The Balaban J connectivity index is 1.51. The van der Waals surface area contributed by atoms with E-state index in [2.05, 4.69) is 56.0 Å². The number of aliphatic hydroxyl groups excluding tert-OH is 1. The molecule has 1 aliphatic rings. The van der Waals surface area contributed by atoms with E-state index in [9.17, 15) is 10.4 Å². The molecule has 0 saturated heterocycles. The molecule has 1 aromatic carbocycles. The van der Waals surface area contributed by atoms with Gasteiger partial charge in [0.1, 0.15) is 17.5 Å². The first kappa shape index (κ1) is 21.6. The summed E-state index contributed by atoms with van der Waals surface area (Å²) >= 11 is 0. The molecular formula is C22H27N9O. The Hall–Kier alpha value is -3.58. The Morgan fingerprint density at radius 2 is 2.09 bits per heavy atom. The minimum absolute atomic E-state index is 0.131. The van der Waals surface area contributed by atoms with E-state index < -0.39 is 0 Å². The van der Waals surface area contributed by atoms with Gasteiger partial charge in [0.05, 0.1) is 18.0 Å². The fraction of sp³-hybridized carbons (Fsp3) is 0.455. The highest BCUT2D eigenvalue weighted by molar-refractivity contribution is 5.54. The summed E-state index contributed by atoms with van der Waals surface area (Å²) in [7, 11) is 0. The van der Waals surface area contributed by atoms with Gasteiger partial charge in [-0.25, -0.2) is 4.98 Å². The van der Waals surface area contributed by atoms with Crippen molar-refractivity contribution in [2.75, 3.05) is 10.6 Å². The molecule has 1 fully saturated rings. The van der Waals surface area contributed by atoms with Crippen molar-refractivity contribution in [3.63, 3.8) is 0 Å². The topological polar surface area (TPSA) is 137 Å². The normalized spacial score (nSPS) is 19.8. The molecule has 0 spiro atoms. The zero-order chi connectivity index (χ0) is 22.7. The molecular weight excluding hydrogens is 406 g/mol. The number of hydrogen-bond acceptors (Lipinski definition) is 9. The summed E-state index contributed by atoms with van der Waals surface area (Å²) in [6.07, 6.45) is 3.54. The van der Waals surface area contributed by atoms with Crippen LogP contribution in [-0.4, -0.2) is 47.4 Å². The number of aryl methyl sites for hydroxylation is 1. The molecule has 2 heterocycles. The fourth-order valence-electron chi connectivity index (χ4n) is 4.09. The minimum Gasteiger partial charge on any atom is -0.393 e. The average molecular weight is 434 g/mol. The molecule has 1 aliphatic carbocycles. The van der Waals surface area contributed by atoms with Gasteiger partial charge in [-0.15, -0.1) is 5.10 Å². The highest BCUT2D eigenvalue weighted by Crippen LogP contribution is 2.37. The lowest BCUT2D eigenvalue weighted by Gasteiger charge is -2.40. The maximum absolute atomic E-state index is 10.2. The van der Waals surface area contributed by atoms with Gasteiger partial charge in [-0.2, -0.15) is 14.9 Å². The van der Waals surface area contributed by atoms with Crippen LogP contribution in [-0.2, 0) is 6.54 Å². The van der Waals surface area contributed by atoms with Gasteiger partial charge >= 0.3 is 0 Å². The van der Waals surface area contributed by atoms with Crippen molar-refractivity contribution in [1.82, 2.24) is 30.2 Å². The van der Waals surface area contributed by atoms with Crippen LogP contribution in [0.2, 0.25) is 0 Å². The Bertz CT molecular complexity index is 1130. The molecule has 0 amide bonds. The van der Waals surface area contributed by atoms with Crippen molar-refractivity contribution in [2.45, 2.75) is 58.7 Å². The van der Waals surface area contributed by atoms with Crippen molar-refractivity contribution >= 4 is 11.8 Å². The zero-order valence-corrected chi connectivity index (χ0v) is 18.4. The van der Waals surface area contributed by atoms with Crippen LogP contribution in [0.3, 0.4) is 0 Å². The smallest absolute Gasteiger partial charge is 0.224 e. The van der Waals surface area contributed by atoms with Crippen LogP contribution < -0.4 is 10.6 Å². The van der Waals surface area contributed by atoms with E-state index in [0.717, 1.165) is 30.5 Å². The third kappa shape index (κ3) is 4.53. The third-order valence-electron chi connectivity index (χ3n) is 6.00. The van der Waals surface area contributed by atoms with E-state index in [-0.39, 0.29) is 17.6 Å². The third-order valence-corrected chi connectivity index (χ3v) is 6.00. The van der Waals surface area contributed by atoms with E-state index in [1.807, 2.05) is 31.2 Å². The molecule has 0 radical (unpaired) electrons. The molecule has 0 aliphatic heterocycles. The zero-order valence-electron chi connectivity index (χ0n) is 18.4. The first-order valence-corrected chi connectivity index (χ1v) is 10.7. The lowest BCUT2D eigenvalue weighted by atomic mass is 9.73. The summed E-state index contributed by atoms with van der Waals surface area (Å²) in [6, 6.07) is 10.1. The number of rotatable bonds is 6. The van der Waals surface area contributed by atoms with Crippen molar-refractivity contribution in [3.05, 3.63) is 47.4 Å². The SMILES string of the molecule is Cc1nnnn1-c1ccccc1CNc1ncc(C#N)c(N[C@@H]2CC[C@@H](O)C(C)(C)C2)n1. The highest BCUT2D eigenvalue weighted by Gasteiger charge is 2.35. The van der Waals surface area contributed by atoms with E-state index in [1.165, 1.54) is 6.20 Å². The van der Waals surface area contributed by atoms with Crippen molar-refractivity contribution in [3.8, 4) is 11.8 Å². The van der Waals surface area contributed by atoms with Gasteiger partial charge in [0.25, 0.3) is 0 Å². The van der Waals surface area contributed by atoms with Crippen molar-refractivity contribution in [2.24, 2.45) is 5.41 Å². The predicted molar refractivity (Wildman–Crippen MR) is 119 cm³/mol. The van der Waals surface area contributed by atoms with Gasteiger partial charge < -0.3 is 15.7 Å². The second-order valence-corrected chi connectivity index (χ2v) is 8.81. The van der Waals surface area contributed by atoms with Crippen LogP contribution in [0.4, 0.5) is 11.8 Å². The highest BCUT2D eigenvalue weighted by atomic mass is 16.3. The minimum atomic E-state index is -0.317. The van der Waals surface area contributed by atoms with Crippen molar-refractivity contribution < 1.29 is 5.11 Å². The molecule has 1 saturated carbocycles. The van der Waals surface area contributed by atoms with Crippen LogP contribution in [0.1, 0.15) is 50.1 Å². The number of benzene rings is 1. The standard InChI is InChI=1S/C22H27N9O/c1-14-28-29-30-31(14)18-7-5-4-6-15(18)12-24-21-25-13-16(11-23)20(27-21)26-17-8-9-19(32)22(2,3)10-17/h4-7,13,17,19,32H,8-10,12H2,1-3H3,(H2,24,25,26,27)/t17-,19-/m1/s1. The fourth-order valence-corrected chi connectivity index (χ4v) is 4.09. The summed E-state index contributed by atoms with van der Waals surface area (Å²) < 4.78 is 1.68. The van der Waals surface area contributed by atoms with E-state index in [1.54, 1.807) is 4.68 Å². The predicted octanol–water partition coefficient (Wildman–Crippen LogP) is 2.60. The lowest BCUT2D eigenvalue weighted by molar-refractivity contribution is 0.00926. The van der Waals surface area contributed by atoms with E-state index >= 15 is 0 Å². The number of hydrogen-bond donors (Lipinski definition) is 3. The lowest BCUT2D eigenvalue weighted by Crippen LogP contribution is -2.41. The first-order chi connectivity index (χ1) is 15.4. The van der Waals surface area contributed by atoms with Gasteiger partial charge in [-0.3, -0.25) is 0 Å². The largest absolute Gasteiger partial charge is 0.393 e. The molecule has 10 heteroatoms. The van der Waals surface area contributed by atoms with Crippen LogP contribution >= 0.6 is 0 Å². The molecule has 3 N–H and O–H groups in total. The Morgan fingerprint density at radius 3 is 2.81 bits per heavy atom. The van der Waals surface area contributed by atoms with Crippen LogP contribution in [0.5, 0.6) is 0 Å². The molecule has 0 unspecified atom stereocenters. The number of nitrogens with one attached hydrogen (secondary N) is 2.